The summed E-state index contributed by atoms with van der Waals surface area (Å²) in [6.45, 7) is 6.73. The van der Waals surface area contributed by atoms with Gasteiger partial charge in [-0.05, 0) is 18.9 Å². The largest absolute Gasteiger partial charge is 0.347 e. The van der Waals surface area contributed by atoms with E-state index < -0.39 is 0 Å². The maximum atomic E-state index is 4.47. The van der Waals surface area contributed by atoms with E-state index in [2.05, 4.69) is 39.2 Å². The Labute approximate surface area is 106 Å². The first-order chi connectivity index (χ1) is 8.54. The van der Waals surface area contributed by atoms with Crippen molar-refractivity contribution in [2.45, 2.75) is 33.2 Å². The van der Waals surface area contributed by atoms with E-state index in [4.69, 9.17) is 0 Å². The number of aromatic nitrogens is 5. The van der Waals surface area contributed by atoms with Gasteiger partial charge in [-0.1, -0.05) is 13.8 Å². The number of nitrogens with zero attached hydrogens (tertiary/aromatic N) is 5. The van der Waals surface area contributed by atoms with Crippen molar-refractivity contribution in [3.8, 4) is 0 Å². The van der Waals surface area contributed by atoms with E-state index in [9.17, 15) is 0 Å². The van der Waals surface area contributed by atoms with Gasteiger partial charge in [0.15, 0.2) is 5.82 Å². The minimum atomic E-state index is 0.389. The van der Waals surface area contributed by atoms with Crippen molar-refractivity contribution in [1.82, 2.24) is 24.7 Å². The van der Waals surface area contributed by atoms with Crippen LogP contribution in [0.25, 0.3) is 0 Å². The summed E-state index contributed by atoms with van der Waals surface area (Å²) in [5, 5.41) is 7.34. The number of anilines is 1. The Bertz CT molecular complexity index is 531. The van der Waals surface area contributed by atoms with Crippen molar-refractivity contribution in [2.75, 3.05) is 5.32 Å². The lowest BCUT2D eigenvalue weighted by atomic mass is 10.1. The predicted octanol–water partition coefficient (Wildman–Crippen LogP) is 1.65. The van der Waals surface area contributed by atoms with Crippen LogP contribution < -0.4 is 5.32 Å². The lowest BCUT2D eigenvalue weighted by molar-refractivity contribution is 0.745. The molecule has 0 saturated heterocycles. The third-order valence-corrected chi connectivity index (χ3v) is 2.52. The van der Waals surface area contributed by atoms with Gasteiger partial charge in [0.1, 0.15) is 6.33 Å². The first kappa shape index (κ1) is 12.5. The first-order valence-electron chi connectivity index (χ1n) is 5.98. The van der Waals surface area contributed by atoms with Crippen LogP contribution in [0.5, 0.6) is 0 Å². The molecule has 0 saturated carbocycles. The Morgan fingerprint density at radius 2 is 2.11 bits per heavy atom. The van der Waals surface area contributed by atoms with E-state index in [0.29, 0.717) is 18.4 Å². The topological polar surface area (TPSA) is 68.5 Å². The van der Waals surface area contributed by atoms with Crippen LogP contribution in [-0.2, 0) is 13.6 Å². The normalized spacial score (nSPS) is 10.9. The van der Waals surface area contributed by atoms with Crippen molar-refractivity contribution < 1.29 is 0 Å². The molecule has 0 aliphatic rings. The highest BCUT2D eigenvalue weighted by atomic mass is 15.3. The third-order valence-electron chi connectivity index (χ3n) is 2.52. The van der Waals surface area contributed by atoms with Crippen LogP contribution in [-0.4, -0.2) is 24.7 Å². The fraction of sp³-hybridized carbons (Fsp3) is 0.500. The van der Waals surface area contributed by atoms with Crippen LogP contribution in [0.1, 0.15) is 37.0 Å². The number of hydrogen-bond acceptors (Lipinski definition) is 5. The molecule has 6 nitrogen and oxygen atoms in total. The van der Waals surface area contributed by atoms with E-state index in [-0.39, 0.29) is 0 Å². The van der Waals surface area contributed by atoms with Crippen LogP contribution >= 0.6 is 0 Å². The van der Waals surface area contributed by atoms with Crippen molar-refractivity contribution >= 4 is 5.95 Å². The molecule has 0 amide bonds. The van der Waals surface area contributed by atoms with E-state index in [0.717, 1.165) is 17.2 Å². The zero-order chi connectivity index (χ0) is 13.1. The molecule has 0 atom stereocenters. The summed E-state index contributed by atoms with van der Waals surface area (Å²) in [7, 11) is 1.84. The maximum absolute atomic E-state index is 4.47. The Hall–Kier alpha value is -1.98. The Morgan fingerprint density at radius 1 is 1.33 bits per heavy atom. The molecule has 0 aliphatic carbocycles. The number of hydrogen-bond donors (Lipinski definition) is 1. The smallest absolute Gasteiger partial charge is 0.223 e. The molecular weight excluding hydrogens is 228 g/mol. The third kappa shape index (κ3) is 3.03. The number of nitrogens with one attached hydrogen (secondary N) is 1. The summed E-state index contributed by atoms with van der Waals surface area (Å²) in [5.41, 5.74) is 2.00. The molecule has 2 aromatic rings. The quantitative estimate of drug-likeness (QED) is 0.888. The monoisotopic (exact) mass is 246 g/mol. The highest BCUT2D eigenvalue weighted by molar-refractivity contribution is 5.29. The van der Waals surface area contributed by atoms with Crippen molar-refractivity contribution in [3.05, 3.63) is 29.6 Å². The van der Waals surface area contributed by atoms with Crippen LogP contribution in [0.2, 0.25) is 0 Å². The SMILES string of the molecule is Cc1cc(C(C)C)nc(NCc2ncn(C)n2)n1. The average Bonchev–Trinajstić information content (AvgIpc) is 2.72. The molecule has 18 heavy (non-hydrogen) atoms. The number of aryl methyl sites for hydroxylation is 2. The predicted molar refractivity (Wildman–Crippen MR) is 69.2 cm³/mol. The summed E-state index contributed by atoms with van der Waals surface area (Å²) in [4.78, 5) is 13.0. The minimum Gasteiger partial charge on any atom is -0.347 e. The van der Waals surface area contributed by atoms with E-state index >= 15 is 0 Å². The fourth-order valence-electron chi connectivity index (χ4n) is 1.59. The van der Waals surface area contributed by atoms with Gasteiger partial charge in [0.25, 0.3) is 0 Å². The highest BCUT2D eigenvalue weighted by Gasteiger charge is 2.06. The Morgan fingerprint density at radius 3 is 2.72 bits per heavy atom. The maximum Gasteiger partial charge on any atom is 0.223 e. The van der Waals surface area contributed by atoms with E-state index in [1.807, 2.05) is 20.0 Å². The summed E-state index contributed by atoms with van der Waals surface area (Å²) >= 11 is 0. The molecule has 0 fully saturated rings. The van der Waals surface area contributed by atoms with Crippen LogP contribution in [0.3, 0.4) is 0 Å². The molecule has 2 aromatic heterocycles. The van der Waals surface area contributed by atoms with E-state index in [1.165, 1.54) is 0 Å². The molecule has 1 N–H and O–H groups in total. The second-order valence-corrected chi connectivity index (χ2v) is 4.60. The van der Waals surface area contributed by atoms with Crippen LogP contribution in [0.15, 0.2) is 12.4 Å². The second kappa shape index (κ2) is 5.12. The molecule has 2 heterocycles. The lowest BCUT2D eigenvalue weighted by Crippen LogP contribution is -2.08. The van der Waals surface area contributed by atoms with Gasteiger partial charge < -0.3 is 5.32 Å². The van der Waals surface area contributed by atoms with Gasteiger partial charge in [0.05, 0.1) is 6.54 Å². The summed E-state index contributed by atoms with van der Waals surface area (Å²) < 4.78 is 1.67. The molecular formula is C12H18N6. The molecule has 0 aromatic carbocycles. The standard InChI is InChI=1S/C12H18N6/c1-8(2)10-5-9(3)15-12(16-10)13-6-11-14-7-18(4)17-11/h5,7-8H,6H2,1-4H3,(H,13,15,16). The van der Waals surface area contributed by atoms with Crippen molar-refractivity contribution in [1.29, 1.82) is 0 Å². The minimum absolute atomic E-state index is 0.389. The molecule has 0 radical (unpaired) electrons. The zero-order valence-corrected chi connectivity index (χ0v) is 11.2. The van der Waals surface area contributed by atoms with Crippen LogP contribution in [0, 0.1) is 6.92 Å². The molecule has 0 unspecified atom stereocenters. The first-order valence-corrected chi connectivity index (χ1v) is 5.98. The van der Waals surface area contributed by atoms with Gasteiger partial charge >= 0.3 is 0 Å². The number of rotatable bonds is 4. The molecule has 0 aliphatic heterocycles. The Kier molecular flexibility index (Phi) is 3.55. The van der Waals surface area contributed by atoms with Crippen molar-refractivity contribution in [2.24, 2.45) is 7.05 Å². The van der Waals surface area contributed by atoms with E-state index in [1.54, 1.807) is 11.0 Å². The van der Waals surface area contributed by atoms with Crippen molar-refractivity contribution in [3.63, 3.8) is 0 Å². The second-order valence-electron chi connectivity index (χ2n) is 4.60. The van der Waals surface area contributed by atoms with Gasteiger partial charge in [0, 0.05) is 18.4 Å². The summed E-state index contributed by atoms with van der Waals surface area (Å²) in [5.74, 6) is 1.75. The Balaban J connectivity index is 2.09. The summed E-state index contributed by atoms with van der Waals surface area (Å²) in [6.07, 6.45) is 1.67. The summed E-state index contributed by atoms with van der Waals surface area (Å²) in [6, 6.07) is 2.01. The zero-order valence-electron chi connectivity index (χ0n) is 11.2. The molecule has 0 bridgehead atoms. The average molecular weight is 246 g/mol. The lowest BCUT2D eigenvalue weighted by Gasteiger charge is -2.09. The van der Waals surface area contributed by atoms with Gasteiger partial charge in [0.2, 0.25) is 5.95 Å². The van der Waals surface area contributed by atoms with Gasteiger partial charge in [-0.15, -0.1) is 0 Å². The fourth-order valence-corrected chi connectivity index (χ4v) is 1.59. The van der Waals surface area contributed by atoms with Gasteiger partial charge in [-0.25, -0.2) is 15.0 Å². The molecule has 6 heteroatoms. The molecule has 96 valence electrons. The van der Waals surface area contributed by atoms with Crippen LogP contribution in [0.4, 0.5) is 5.95 Å². The molecule has 0 spiro atoms. The highest BCUT2D eigenvalue weighted by Crippen LogP contribution is 2.14. The van der Waals surface area contributed by atoms with Gasteiger partial charge in [-0.2, -0.15) is 5.10 Å². The molecule has 2 rings (SSSR count). The van der Waals surface area contributed by atoms with Gasteiger partial charge in [-0.3, -0.25) is 4.68 Å².